The zero-order chi connectivity index (χ0) is 22.4. The summed E-state index contributed by atoms with van der Waals surface area (Å²) in [7, 11) is 0. The fraction of sp³-hybridized carbons (Fsp3) is 0.182. The molecule has 0 unspecified atom stereocenters. The first-order chi connectivity index (χ1) is 14.9. The van der Waals surface area contributed by atoms with Gasteiger partial charge >= 0.3 is 0 Å². The molecule has 1 atom stereocenters. The van der Waals surface area contributed by atoms with Crippen molar-refractivity contribution in [1.29, 1.82) is 0 Å². The molecular weight excluding hydrogens is 438 g/mol. The van der Waals surface area contributed by atoms with E-state index in [2.05, 4.69) is 10.6 Å². The molecule has 4 amide bonds. The number of carbonyl (C=O) groups excluding carboxylic acids is 4. The van der Waals surface area contributed by atoms with Gasteiger partial charge in [-0.3, -0.25) is 24.1 Å². The van der Waals surface area contributed by atoms with Crippen molar-refractivity contribution >= 4 is 52.4 Å². The fourth-order valence-electron chi connectivity index (χ4n) is 2.82. The van der Waals surface area contributed by atoms with E-state index in [4.69, 9.17) is 11.6 Å². The van der Waals surface area contributed by atoms with Gasteiger partial charge in [-0.1, -0.05) is 54.1 Å². The van der Waals surface area contributed by atoms with E-state index in [0.717, 1.165) is 22.2 Å². The molecule has 1 saturated heterocycles. The molecule has 3 rings (SSSR count). The summed E-state index contributed by atoms with van der Waals surface area (Å²) in [6, 6.07) is 14.9. The maximum atomic E-state index is 12.5. The lowest BCUT2D eigenvalue weighted by atomic mass is 10.2. The van der Waals surface area contributed by atoms with Crippen molar-refractivity contribution in [2.24, 2.45) is 0 Å². The molecule has 1 aliphatic heterocycles. The third-order valence-corrected chi connectivity index (χ3v) is 5.70. The second-order valence-electron chi connectivity index (χ2n) is 6.71. The molecule has 0 bridgehead atoms. The first-order valence-corrected chi connectivity index (χ1v) is 10.7. The molecular formula is C22H20ClN3O4S. The van der Waals surface area contributed by atoms with Crippen molar-refractivity contribution in [3.63, 3.8) is 0 Å². The van der Waals surface area contributed by atoms with Crippen LogP contribution in [0.25, 0.3) is 6.08 Å². The standard InChI is InChI=1S/C22H20ClN3O4S/c1-14(25-20(28)16-9-5-6-10-17(16)23)19(27)24-11-12-26-21(29)18(31-22(26)30)13-15-7-3-2-4-8-15/h2-10,13-14H,11-12H2,1H3,(H,24,27)(H,25,28)/b18-13-/t14-/m0/s1. The number of carbonyl (C=O) groups is 4. The number of nitrogens with zero attached hydrogens (tertiary/aromatic N) is 1. The highest BCUT2D eigenvalue weighted by molar-refractivity contribution is 8.18. The molecule has 0 aromatic heterocycles. The number of halogens is 1. The molecule has 2 aromatic carbocycles. The van der Waals surface area contributed by atoms with Gasteiger partial charge in [-0.15, -0.1) is 0 Å². The van der Waals surface area contributed by atoms with Gasteiger partial charge in [-0.05, 0) is 42.5 Å². The van der Waals surface area contributed by atoms with E-state index in [9.17, 15) is 19.2 Å². The van der Waals surface area contributed by atoms with Crippen molar-refractivity contribution < 1.29 is 19.2 Å². The van der Waals surface area contributed by atoms with Gasteiger partial charge in [0.25, 0.3) is 17.1 Å². The number of nitrogens with one attached hydrogen (secondary N) is 2. The largest absolute Gasteiger partial charge is 0.353 e. The van der Waals surface area contributed by atoms with Crippen LogP contribution in [-0.2, 0) is 9.59 Å². The van der Waals surface area contributed by atoms with E-state index in [0.29, 0.717) is 4.91 Å². The van der Waals surface area contributed by atoms with Crippen molar-refractivity contribution in [2.75, 3.05) is 13.1 Å². The Morgan fingerprint density at radius 3 is 2.48 bits per heavy atom. The zero-order valence-electron chi connectivity index (χ0n) is 16.6. The first-order valence-electron chi connectivity index (χ1n) is 9.50. The molecule has 0 spiro atoms. The molecule has 1 heterocycles. The van der Waals surface area contributed by atoms with Crippen molar-refractivity contribution in [2.45, 2.75) is 13.0 Å². The molecule has 2 aromatic rings. The number of hydrogen-bond donors (Lipinski definition) is 2. The van der Waals surface area contributed by atoms with Crippen LogP contribution in [0.5, 0.6) is 0 Å². The number of benzene rings is 2. The van der Waals surface area contributed by atoms with E-state index < -0.39 is 23.8 Å². The van der Waals surface area contributed by atoms with Crippen LogP contribution in [0.1, 0.15) is 22.8 Å². The van der Waals surface area contributed by atoms with E-state index in [-0.39, 0.29) is 28.9 Å². The zero-order valence-corrected chi connectivity index (χ0v) is 18.2. The third-order valence-electron chi connectivity index (χ3n) is 4.46. The lowest BCUT2D eigenvalue weighted by Gasteiger charge is -2.16. The molecule has 0 saturated carbocycles. The summed E-state index contributed by atoms with van der Waals surface area (Å²) in [6.45, 7) is 1.64. The van der Waals surface area contributed by atoms with Gasteiger partial charge in [0.1, 0.15) is 6.04 Å². The summed E-state index contributed by atoms with van der Waals surface area (Å²) in [5.74, 6) is -1.30. The van der Waals surface area contributed by atoms with E-state index in [1.54, 1.807) is 30.3 Å². The Hall–Kier alpha value is -3.10. The van der Waals surface area contributed by atoms with Gasteiger partial charge in [0.15, 0.2) is 0 Å². The fourth-order valence-corrected chi connectivity index (χ4v) is 3.91. The number of amides is 4. The highest BCUT2D eigenvalue weighted by atomic mass is 35.5. The smallest absolute Gasteiger partial charge is 0.293 e. The van der Waals surface area contributed by atoms with Crippen LogP contribution in [0, 0.1) is 0 Å². The van der Waals surface area contributed by atoms with Gasteiger partial charge in [0.2, 0.25) is 5.91 Å². The van der Waals surface area contributed by atoms with Crippen molar-refractivity contribution in [3.8, 4) is 0 Å². The maximum Gasteiger partial charge on any atom is 0.293 e. The molecule has 1 fully saturated rings. The van der Waals surface area contributed by atoms with Crippen LogP contribution < -0.4 is 10.6 Å². The van der Waals surface area contributed by atoms with Crippen molar-refractivity contribution in [1.82, 2.24) is 15.5 Å². The van der Waals surface area contributed by atoms with Crippen LogP contribution in [0.3, 0.4) is 0 Å². The second kappa shape index (κ2) is 10.3. The Bertz CT molecular complexity index is 1040. The predicted octanol–water partition coefficient (Wildman–Crippen LogP) is 3.31. The van der Waals surface area contributed by atoms with Crippen molar-refractivity contribution in [3.05, 3.63) is 75.7 Å². The van der Waals surface area contributed by atoms with Gasteiger partial charge in [-0.2, -0.15) is 0 Å². The molecule has 0 aliphatic carbocycles. The van der Waals surface area contributed by atoms with Gasteiger partial charge in [0.05, 0.1) is 15.5 Å². The summed E-state index contributed by atoms with van der Waals surface area (Å²) in [4.78, 5) is 50.6. The topological polar surface area (TPSA) is 95.6 Å². The minimum atomic E-state index is -0.823. The Labute approximate surface area is 188 Å². The Morgan fingerprint density at radius 2 is 1.77 bits per heavy atom. The van der Waals surface area contributed by atoms with Crippen LogP contribution in [0.15, 0.2) is 59.5 Å². The average Bonchev–Trinajstić information content (AvgIpc) is 3.01. The first kappa shape index (κ1) is 22.6. The second-order valence-corrected chi connectivity index (χ2v) is 8.11. The third kappa shape index (κ3) is 5.74. The molecule has 160 valence electrons. The van der Waals surface area contributed by atoms with Crippen LogP contribution in [0.2, 0.25) is 5.02 Å². The predicted molar refractivity (Wildman–Crippen MR) is 121 cm³/mol. The minimum absolute atomic E-state index is 0.0354. The van der Waals surface area contributed by atoms with Gasteiger partial charge in [-0.25, -0.2) is 0 Å². The Balaban J connectivity index is 1.50. The Morgan fingerprint density at radius 1 is 1.10 bits per heavy atom. The average molecular weight is 458 g/mol. The van der Waals surface area contributed by atoms with Gasteiger partial charge in [0, 0.05) is 13.1 Å². The number of rotatable bonds is 7. The summed E-state index contributed by atoms with van der Waals surface area (Å²) in [5, 5.41) is 5.10. The number of hydrogen-bond acceptors (Lipinski definition) is 5. The molecule has 9 heteroatoms. The van der Waals surface area contributed by atoms with E-state index in [1.165, 1.54) is 6.92 Å². The highest BCUT2D eigenvalue weighted by Crippen LogP contribution is 2.31. The van der Waals surface area contributed by atoms with Gasteiger partial charge < -0.3 is 10.6 Å². The lowest BCUT2D eigenvalue weighted by Crippen LogP contribution is -2.47. The monoisotopic (exact) mass is 457 g/mol. The van der Waals surface area contributed by atoms with E-state index >= 15 is 0 Å². The molecule has 1 aliphatic rings. The maximum absolute atomic E-state index is 12.5. The Kier molecular flexibility index (Phi) is 7.49. The summed E-state index contributed by atoms with van der Waals surface area (Å²) >= 11 is 6.86. The lowest BCUT2D eigenvalue weighted by molar-refractivity contribution is -0.124. The normalized spacial score (nSPS) is 15.8. The quantitative estimate of drug-likeness (QED) is 0.622. The van der Waals surface area contributed by atoms with E-state index in [1.807, 2.05) is 30.3 Å². The van der Waals surface area contributed by atoms with Crippen LogP contribution >= 0.6 is 23.4 Å². The SMILES string of the molecule is C[C@H](NC(=O)c1ccccc1Cl)C(=O)NCCN1C(=O)S/C(=C\c2ccccc2)C1=O. The summed E-state index contributed by atoms with van der Waals surface area (Å²) in [5.41, 5.74) is 1.09. The highest BCUT2D eigenvalue weighted by Gasteiger charge is 2.34. The molecule has 0 radical (unpaired) electrons. The summed E-state index contributed by atoms with van der Waals surface area (Å²) < 4.78 is 0. The summed E-state index contributed by atoms with van der Waals surface area (Å²) in [6.07, 6.45) is 1.66. The van der Waals surface area contributed by atoms with Crippen LogP contribution in [0.4, 0.5) is 4.79 Å². The minimum Gasteiger partial charge on any atom is -0.353 e. The molecule has 7 nitrogen and oxygen atoms in total. The van der Waals surface area contributed by atoms with Crippen LogP contribution in [-0.4, -0.2) is 47.0 Å². The molecule has 31 heavy (non-hydrogen) atoms. The number of thioether (sulfide) groups is 1. The number of imide groups is 1. The molecule has 2 N–H and O–H groups in total.